The summed E-state index contributed by atoms with van der Waals surface area (Å²) in [6, 6.07) is 39.6. The number of hydrogen-bond acceptors (Lipinski definition) is 34. The van der Waals surface area contributed by atoms with E-state index in [1.165, 1.54) is 18.3 Å². The molecule has 16 rings (SSSR count). The number of alkyl carbamates (subject to hydrolysis) is 2. The van der Waals surface area contributed by atoms with Crippen molar-refractivity contribution in [2.24, 2.45) is 5.73 Å². The molecule has 11 heterocycles. The van der Waals surface area contributed by atoms with Crippen LogP contribution in [0.4, 0.5) is 71.5 Å². The number of nitrogens with one attached hydrogen (secondary N) is 4. The highest BCUT2D eigenvalue weighted by molar-refractivity contribution is 6.30. The number of amides is 2. The molecule has 742 valence electrons. The number of aliphatic hydroxyl groups excluding tert-OH is 1. The van der Waals surface area contributed by atoms with Gasteiger partial charge in [-0.25, -0.2) is 43.9 Å². The van der Waals surface area contributed by atoms with Crippen LogP contribution in [-0.4, -0.2) is 221 Å². The predicted octanol–water partition coefficient (Wildman–Crippen LogP) is 16.3. The number of aliphatic hydroxyl groups is 1. The van der Waals surface area contributed by atoms with Crippen molar-refractivity contribution < 1.29 is 81.0 Å². The number of benzene rings is 5. The molecule has 8 saturated heterocycles. The van der Waals surface area contributed by atoms with Crippen LogP contribution in [0.1, 0.15) is 182 Å². The zero-order valence-electron chi connectivity index (χ0n) is 79.7. The second-order valence-corrected chi connectivity index (χ2v) is 36.2. The molecule has 9 N–H and O–H groups in total. The number of nitrogens with two attached hydrogens (primary N) is 2. The van der Waals surface area contributed by atoms with Gasteiger partial charge < -0.3 is 105 Å². The standard InChI is InChI=1S/C27H36N6O4.C22H28N6O2.C16H22ClN5O2.C11H13NO4.C11H15NO2.C6H4FNO2.C5H10O2/c1-18-22(31-26(34)37-27(2,3)4)6-5-13-33(18)24-17-29-23(16-28)25(32-24)30-19-7-9-20(10-8-19)36-21-11-14-35-15-12-21;1-15-19(24)3-2-10-28(15)21-14-25-20(13-23)22(27-21)26-16-4-6-17(7-5-16)30-18-8-11-29-12-9-18;1-10-11(20-15(23)24-16(2,3)4)6-5-7-22(10)13-9-19-12(8-18)14(17)21-13;13-12(14)9-1-3-10(4-2-9)16-11-5-7-15-8-6-11;12-9-1-3-10(4-2-9)14-11-5-7-13-8-6-11;7-5-1-3-6(4-2-5)8(9)10;6-5-1-3-7-4-2-5/h7-10,17-18,21-22H,5-6,11-15H2,1-4H3,(H,30,32)(H,31,34);4-7,14-15,18-19H,2-3,8-12,24H2,1H3,(H,26,27);9-11H,5-7H2,1-4H3,(H,20,23);1-4,11H,5-8H2;1-4,11H,5-8,12H2;1-4H;5-6H,1-4H2/t18-,22-;15-,19-;10-,11-;;;;/m111..../s1. The van der Waals surface area contributed by atoms with Crippen LogP contribution in [-0.2, 0) is 33.2 Å². The van der Waals surface area contributed by atoms with Crippen molar-refractivity contribution in [2.45, 2.75) is 243 Å². The number of hydrogen-bond donors (Lipinski definition) is 7. The minimum absolute atomic E-state index is 0.00423. The lowest BCUT2D eigenvalue weighted by molar-refractivity contribution is -0.385. The Hall–Kier alpha value is -12.9. The number of non-ortho nitro benzene ring substituents is 2. The van der Waals surface area contributed by atoms with Crippen LogP contribution < -0.4 is 66.4 Å². The number of rotatable bonds is 19. The molecule has 8 aliphatic heterocycles. The SMILES string of the molecule is C[C@@H]1[C@H](N)CCCN1c1cnc(C#N)c(Nc2ccc(OC3CCOCC3)cc2)n1.C[C@@H]1[C@H](NC(=O)OC(C)(C)C)CCCN1c1cnc(C#N)c(Cl)n1.C[C@@H]1[C@H](NC(=O)OC(C)(C)C)CCCN1c1cnc(C#N)c(Nc2ccc(OC3CCOCC3)cc2)n1.Nc1ccc(OC2CCOCC2)cc1.O=[N+]([O-])c1ccc(F)cc1.O=[N+]([O-])c1ccc(OC2CCOCC2)cc1.OC1CCOCC1. The van der Waals surface area contributed by atoms with E-state index in [0.29, 0.717) is 35.1 Å². The summed E-state index contributed by atoms with van der Waals surface area (Å²) in [5.41, 5.74) is 13.6. The summed E-state index contributed by atoms with van der Waals surface area (Å²) in [7, 11) is 0. The Labute approximate surface area is 809 Å². The lowest BCUT2D eigenvalue weighted by Crippen LogP contribution is -2.55. The van der Waals surface area contributed by atoms with Crippen molar-refractivity contribution in [3.63, 3.8) is 0 Å². The second kappa shape index (κ2) is 54.3. The fourth-order valence-electron chi connectivity index (χ4n) is 15.6. The van der Waals surface area contributed by atoms with Crippen molar-refractivity contribution in [1.29, 1.82) is 15.8 Å². The molecule has 8 aliphatic rings. The van der Waals surface area contributed by atoms with Crippen LogP contribution in [0.5, 0.6) is 23.0 Å². The maximum Gasteiger partial charge on any atom is 0.407 e. The molecule has 3 aromatic heterocycles. The number of ether oxygens (including phenoxy) is 11. The van der Waals surface area contributed by atoms with Gasteiger partial charge in [0.05, 0.1) is 99.5 Å². The summed E-state index contributed by atoms with van der Waals surface area (Å²) in [5, 5.41) is 69.7. The molecule has 8 fully saturated rings. The van der Waals surface area contributed by atoms with Crippen LogP contribution in [0.25, 0.3) is 0 Å². The van der Waals surface area contributed by atoms with Gasteiger partial charge in [-0.15, -0.1) is 0 Å². The Balaban J connectivity index is 0.000000175. The Bertz CT molecular complexity index is 5240. The first-order valence-electron chi connectivity index (χ1n) is 46.7. The summed E-state index contributed by atoms with van der Waals surface area (Å²) in [5.74, 6) is 5.53. The molecule has 0 radical (unpaired) electrons. The van der Waals surface area contributed by atoms with Gasteiger partial charge in [0.15, 0.2) is 33.9 Å². The predicted molar refractivity (Wildman–Crippen MR) is 518 cm³/mol. The maximum absolute atomic E-state index is 12.4. The molecule has 38 nitrogen and oxygen atoms in total. The second-order valence-electron chi connectivity index (χ2n) is 35.9. The van der Waals surface area contributed by atoms with Gasteiger partial charge in [-0.2, -0.15) is 15.8 Å². The van der Waals surface area contributed by atoms with E-state index < -0.39 is 39.1 Å². The van der Waals surface area contributed by atoms with E-state index in [-0.39, 0.29) is 94.3 Å². The summed E-state index contributed by atoms with van der Waals surface area (Å²) >= 11 is 5.98. The fourth-order valence-corrected chi connectivity index (χ4v) is 15.7. The van der Waals surface area contributed by atoms with Crippen molar-refractivity contribution in [3.05, 3.63) is 188 Å². The van der Waals surface area contributed by atoms with Crippen molar-refractivity contribution in [3.8, 4) is 41.2 Å². The monoisotopic (exact) mass is 1930 g/mol. The Morgan fingerprint density at radius 2 is 0.768 bits per heavy atom. The third-order valence-corrected chi connectivity index (χ3v) is 23.4. The van der Waals surface area contributed by atoms with E-state index in [1.807, 2.05) is 139 Å². The number of nitro groups is 2. The van der Waals surface area contributed by atoms with E-state index in [2.05, 4.69) is 70.1 Å². The minimum Gasteiger partial charge on any atom is -0.490 e. The zero-order chi connectivity index (χ0) is 99.1. The fraction of sp³-hybridized carbons (Fsp3) is 0.520. The Kier molecular flexibility index (Phi) is 42.1. The van der Waals surface area contributed by atoms with Crippen molar-refractivity contribution in [2.75, 3.05) is 117 Å². The maximum atomic E-state index is 12.4. The molecule has 0 bridgehead atoms. The molecular weight excluding hydrogens is 1800 g/mol. The highest BCUT2D eigenvalue weighted by Gasteiger charge is 2.35. The van der Waals surface area contributed by atoms with Gasteiger partial charge in [0.1, 0.15) is 100 Å². The third kappa shape index (κ3) is 35.9. The van der Waals surface area contributed by atoms with E-state index in [1.54, 1.807) is 24.5 Å². The molecule has 0 saturated carbocycles. The van der Waals surface area contributed by atoms with Gasteiger partial charge in [0.25, 0.3) is 11.4 Å². The molecule has 0 aliphatic carbocycles. The zero-order valence-corrected chi connectivity index (χ0v) is 80.5. The van der Waals surface area contributed by atoms with Gasteiger partial charge in [0.2, 0.25) is 0 Å². The van der Waals surface area contributed by atoms with Crippen LogP contribution in [0.3, 0.4) is 0 Å². The summed E-state index contributed by atoms with van der Waals surface area (Å²) in [6.07, 6.45) is 19.1. The van der Waals surface area contributed by atoms with Crippen LogP contribution in [0, 0.1) is 60.0 Å². The first-order valence-corrected chi connectivity index (χ1v) is 47.1. The number of nitrogen functional groups attached to an aromatic ring is 1. The Morgan fingerprint density at radius 1 is 0.464 bits per heavy atom. The van der Waals surface area contributed by atoms with Crippen LogP contribution >= 0.6 is 11.6 Å². The highest BCUT2D eigenvalue weighted by atomic mass is 35.5. The quantitative estimate of drug-likeness (QED) is 0.0225. The summed E-state index contributed by atoms with van der Waals surface area (Å²) in [6.45, 7) is 27.1. The molecule has 5 aromatic carbocycles. The number of halogens is 2. The number of carbonyl (C=O) groups excluding carboxylic acids is 2. The first kappa shape index (κ1) is 107. The van der Waals surface area contributed by atoms with Gasteiger partial charge in [-0.05, 0) is 211 Å². The van der Waals surface area contributed by atoms with E-state index >= 15 is 0 Å². The topological polar surface area (TPSA) is 501 Å². The lowest BCUT2D eigenvalue weighted by Gasteiger charge is -2.40. The van der Waals surface area contributed by atoms with Gasteiger partial charge in [-0.3, -0.25) is 20.2 Å². The number of anilines is 8. The molecule has 40 heteroatoms. The van der Waals surface area contributed by atoms with Crippen molar-refractivity contribution >= 4 is 81.3 Å². The minimum atomic E-state index is -0.570. The van der Waals surface area contributed by atoms with Gasteiger partial charge in [0, 0.05) is 150 Å². The molecule has 6 atom stereocenters. The lowest BCUT2D eigenvalue weighted by atomic mass is 9.97. The number of nitro benzene ring substituents is 2. The molecule has 0 unspecified atom stereocenters. The number of piperidine rings is 3. The normalized spacial score (nSPS) is 19.8. The molecule has 2 amide bonds. The van der Waals surface area contributed by atoms with E-state index in [4.69, 9.17) is 95.5 Å². The smallest absolute Gasteiger partial charge is 0.407 e. The van der Waals surface area contributed by atoms with Gasteiger partial charge in [-0.1, -0.05) is 11.6 Å². The van der Waals surface area contributed by atoms with E-state index in [9.17, 15) is 44.7 Å². The average molecular weight is 1930 g/mol. The molecule has 8 aromatic rings. The number of nitrogens with zero attached hydrogens (tertiary/aromatic N) is 14. The number of carbonyl (C=O) groups is 2. The number of nitriles is 3. The summed E-state index contributed by atoms with van der Waals surface area (Å²) in [4.78, 5) is 76.5. The van der Waals surface area contributed by atoms with Gasteiger partial charge >= 0.3 is 12.2 Å². The third-order valence-electron chi connectivity index (χ3n) is 23.1. The summed E-state index contributed by atoms with van der Waals surface area (Å²) < 4.78 is 72.6. The van der Waals surface area contributed by atoms with Crippen LogP contribution in [0.15, 0.2) is 140 Å². The molecule has 138 heavy (non-hydrogen) atoms. The van der Waals surface area contributed by atoms with Crippen molar-refractivity contribution in [1.82, 2.24) is 40.5 Å². The van der Waals surface area contributed by atoms with E-state index in [0.717, 1.165) is 253 Å². The Morgan fingerprint density at radius 3 is 1.09 bits per heavy atom. The first-order chi connectivity index (χ1) is 66.2. The average Bonchev–Trinajstić information content (AvgIpc) is 0.803. The number of aromatic nitrogens is 6. The highest BCUT2D eigenvalue weighted by Crippen LogP contribution is 2.34. The molecular formula is C98H128ClFN20O18. The van der Waals surface area contributed by atoms with Crippen LogP contribution in [0.2, 0.25) is 5.15 Å². The molecule has 0 spiro atoms. The largest absolute Gasteiger partial charge is 0.490 e.